The van der Waals surface area contributed by atoms with E-state index < -0.39 is 0 Å². The predicted octanol–water partition coefficient (Wildman–Crippen LogP) is 3.94. The summed E-state index contributed by atoms with van der Waals surface area (Å²) in [5, 5.41) is 13.2. The molecule has 2 aromatic carbocycles. The van der Waals surface area contributed by atoms with Gasteiger partial charge in [-0.05, 0) is 12.1 Å². The summed E-state index contributed by atoms with van der Waals surface area (Å²) in [4.78, 5) is 15.4. The molecular formula is C17H12N4OS. The number of carbonyl (C=O) groups excluding carboxylic acids is 1. The molecular weight excluding hydrogens is 308 g/mol. The van der Waals surface area contributed by atoms with Gasteiger partial charge in [0, 0.05) is 16.5 Å². The first-order valence-corrected chi connectivity index (χ1v) is 7.89. The number of para-hydroxylation sites is 1. The standard InChI is InChI=1S/C17H12N4OS/c22-15(14-10-12-8-4-5-9-13(12)18-14)19-17-21-20-16(23-17)11-6-2-1-3-7-11/h1-10,18H,(H,19,21,22). The van der Waals surface area contributed by atoms with Crippen LogP contribution in [0, 0.1) is 0 Å². The molecule has 6 heteroatoms. The number of rotatable bonds is 3. The van der Waals surface area contributed by atoms with Crippen molar-refractivity contribution in [3.05, 3.63) is 66.4 Å². The van der Waals surface area contributed by atoms with E-state index in [9.17, 15) is 4.79 Å². The van der Waals surface area contributed by atoms with Gasteiger partial charge < -0.3 is 4.98 Å². The highest BCUT2D eigenvalue weighted by Crippen LogP contribution is 2.26. The highest BCUT2D eigenvalue weighted by molar-refractivity contribution is 7.18. The van der Waals surface area contributed by atoms with Crippen LogP contribution in [0.1, 0.15) is 10.5 Å². The van der Waals surface area contributed by atoms with E-state index in [2.05, 4.69) is 20.5 Å². The fraction of sp³-hybridized carbons (Fsp3) is 0. The van der Waals surface area contributed by atoms with Crippen LogP contribution in [0.2, 0.25) is 0 Å². The maximum Gasteiger partial charge on any atom is 0.273 e. The number of amides is 1. The minimum Gasteiger partial charge on any atom is -0.351 e. The SMILES string of the molecule is O=C(Nc1nnc(-c2ccccc2)s1)c1cc2ccccc2[nH]1. The van der Waals surface area contributed by atoms with Crippen molar-refractivity contribution >= 4 is 33.3 Å². The Morgan fingerprint density at radius 3 is 2.61 bits per heavy atom. The van der Waals surface area contributed by atoms with E-state index in [1.54, 1.807) is 0 Å². The number of nitrogens with one attached hydrogen (secondary N) is 2. The number of benzene rings is 2. The topological polar surface area (TPSA) is 70.7 Å². The molecule has 112 valence electrons. The van der Waals surface area contributed by atoms with Crippen molar-refractivity contribution in [2.45, 2.75) is 0 Å². The van der Waals surface area contributed by atoms with Crippen molar-refractivity contribution in [2.75, 3.05) is 5.32 Å². The fourth-order valence-corrected chi connectivity index (χ4v) is 3.08. The van der Waals surface area contributed by atoms with Gasteiger partial charge in [0.25, 0.3) is 5.91 Å². The Morgan fingerprint density at radius 2 is 1.78 bits per heavy atom. The number of aromatic amines is 1. The predicted molar refractivity (Wildman–Crippen MR) is 91.6 cm³/mol. The first kappa shape index (κ1) is 13.7. The lowest BCUT2D eigenvalue weighted by Gasteiger charge is -1.97. The average molecular weight is 320 g/mol. The van der Waals surface area contributed by atoms with Crippen LogP contribution in [0.4, 0.5) is 5.13 Å². The third-order valence-corrected chi connectivity index (χ3v) is 4.33. The van der Waals surface area contributed by atoms with E-state index >= 15 is 0 Å². The van der Waals surface area contributed by atoms with Crippen LogP contribution in [0.15, 0.2) is 60.7 Å². The van der Waals surface area contributed by atoms with Gasteiger partial charge in [0.05, 0.1) is 0 Å². The summed E-state index contributed by atoms with van der Waals surface area (Å²) in [6.07, 6.45) is 0. The van der Waals surface area contributed by atoms with Gasteiger partial charge in [-0.3, -0.25) is 10.1 Å². The molecule has 23 heavy (non-hydrogen) atoms. The molecule has 0 bridgehead atoms. The van der Waals surface area contributed by atoms with Gasteiger partial charge in [-0.15, -0.1) is 10.2 Å². The smallest absolute Gasteiger partial charge is 0.273 e. The lowest BCUT2D eigenvalue weighted by atomic mass is 10.2. The molecule has 4 aromatic rings. The molecule has 2 aromatic heterocycles. The van der Waals surface area contributed by atoms with Gasteiger partial charge in [0.1, 0.15) is 10.7 Å². The van der Waals surface area contributed by atoms with E-state index in [0.29, 0.717) is 10.8 Å². The zero-order valence-electron chi connectivity index (χ0n) is 12.0. The zero-order valence-corrected chi connectivity index (χ0v) is 12.8. The van der Waals surface area contributed by atoms with Crippen LogP contribution >= 0.6 is 11.3 Å². The summed E-state index contributed by atoms with van der Waals surface area (Å²) in [6.45, 7) is 0. The molecule has 2 heterocycles. The minimum atomic E-state index is -0.225. The summed E-state index contributed by atoms with van der Waals surface area (Å²) in [5.41, 5.74) is 2.42. The number of aromatic nitrogens is 3. The number of nitrogens with zero attached hydrogens (tertiary/aromatic N) is 2. The molecule has 4 rings (SSSR count). The monoisotopic (exact) mass is 320 g/mol. The van der Waals surface area contributed by atoms with E-state index in [-0.39, 0.29) is 5.91 Å². The van der Waals surface area contributed by atoms with Crippen LogP contribution in [0.25, 0.3) is 21.5 Å². The van der Waals surface area contributed by atoms with Crippen molar-refractivity contribution in [1.29, 1.82) is 0 Å². The highest BCUT2D eigenvalue weighted by atomic mass is 32.1. The van der Waals surface area contributed by atoms with Crippen LogP contribution in [-0.4, -0.2) is 21.1 Å². The van der Waals surface area contributed by atoms with Gasteiger partial charge in [-0.25, -0.2) is 0 Å². The summed E-state index contributed by atoms with van der Waals surface area (Å²) in [6, 6.07) is 19.3. The van der Waals surface area contributed by atoms with Gasteiger partial charge >= 0.3 is 0 Å². The first-order chi connectivity index (χ1) is 11.3. The van der Waals surface area contributed by atoms with Crippen LogP contribution in [0.5, 0.6) is 0 Å². The van der Waals surface area contributed by atoms with Gasteiger partial charge in [0.2, 0.25) is 5.13 Å². The van der Waals surface area contributed by atoms with Crippen molar-refractivity contribution in [1.82, 2.24) is 15.2 Å². The quantitative estimate of drug-likeness (QED) is 0.600. The molecule has 2 N–H and O–H groups in total. The first-order valence-electron chi connectivity index (χ1n) is 7.07. The molecule has 1 amide bonds. The summed E-state index contributed by atoms with van der Waals surface area (Å²) >= 11 is 1.35. The van der Waals surface area contributed by atoms with Crippen molar-refractivity contribution < 1.29 is 4.79 Å². The van der Waals surface area contributed by atoms with E-state index in [0.717, 1.165) is 21.5 Å². The molecule has 0 unspecified atom stereocenters. The lowest BCUT2D eigenvalue weighted by Crippen LogP contribution is -2.11. The van der Waals surface area contributed by atoms with E-state index in [4.69, 9.17) is 0 Å². The molecule has 0 fully saturated rings. The Kier molecular flexibility index (Phi) is 3.36. The molecule has 0 saturated carbocycles. The molecule has 0 spiro atoms. The van der Waals surface area contributed by atoms with Crippen LogP contribution < -0.4 is 5.32 Å². The number of anilines is 1. The van der Waals surface area contributed by atoms with Gasteiger partial charge in [0.15, 0.2) is 0 Å². The second kappa shape index (κ2) is 5.66. The second-order valence-corrected chi connectivity index (χ2v) is 5.98. The maximum absolute atomic E-state index is 12.3. The van der Waals surface area contributed by atoms with Crippen molar-refractivity contribution in [2.24, 2.45) is 0 Å². The maximum atomic E-state index is 12.3. The van der Waals surface area contributed by atoms with E-state index in [1.807, 2.05) is 60.7 Å². The Hall–Kier alpha value is -2.99. The molecule has 0 aliphatic carbocycles. The number of carbonyl (C=O) groups is 1. The van der Waals surface area contributed by atoms with Gasteiger partial charge in [-0.1, -0.05) is 59.9 Å². The summed E-state index contributed by atoms with van der Waals surface area (Å²) < 4.78 is 0. The highest BCUT2D eigenvalue weighted by Gasteiger charge is 2.13. The number of fused-ring (bicyclic) bond motifs is 1. The number of hydrogen-bond donors (Lipinski definition) is 2. The summed E-state index contributed by atoms with van der Waals surface area (Å²) in [5.74, 6) is -0.225. The summed E-state index contributed by atoms with van der Waals surface area (Å²) in [7, 11) is 0. The van der Waals surface area contributed by atoms with Crippen molar-refractivity contribution in [3.63, 3.8) is 0 Å². The van der Waals surface area contributed by atoms with E-state index in [1.165, 1.54) is 11.3 Å². The lowest BCUT2D eigenvalue weighted by molar-refractivity contribution is 0.102. The number of H-pyrrole nitrogens is 1. The Labute approximate surface area is 136 Å². The van der Waals surface area contributed by atoms with Crippen LogP contribution in [0.3, 0.4) is 0 Å². The molecule has 5 nitrogen and oxygen atoms in total. The molecule has 0 aliphatic rings. The largest absolute Gasteiger partial charge is 0.351 e. The third-order valence-electron chi connectivity index (χ3n) is 3.44. The molecule has 0 aliphatic heterocycles. The fourth-order valence-electron chi connectivity index (χ4n) is 2.33. The Bertz CT molecular complexity index is 941. The second-order valence-electron chi connectivity index (χ2n) is 5.00. The Morgan fingerprint density at radius 1 is 1.00 bits per heavy atom. The molecule has 0 atom stereocenters. The van der Waals surface area contributed by atoms with Crippen molar-refractivity contribution in [3.8, 4) is 10.6 Å². The normalized spacial score (nSPS) is 10.8. The minimum absolute atomic E-state index is 0.225. The van der Waals surface area contributed by atoms with Crippen LogP contribution in [-0.2, 0) is 0 Å². The number of hydrogen-bond acceptors (Lipinski definition) is 4. The molecule has 0 saturated heterocycles. The third kappa shape index (κ3) is 2.72. The average Bonchev–Trinajstić information content (AvgIpc) is 3.22. The molecule has 0 radical (unpaired) electrons. The zero-order chi connectivity index (χ0) is 15.6. The Balaban J connectivity index is 1.56. The van der Waals surface area contributed by atoms with Gasteiger partial charge in [-0.2, -0.15) is 0 Å².